The Morgan fingerprint density at radius 1 is 0.463 bits per heavy atom. The first-order valence-electron chi connectivity index (χ1n) is 13.8. The molecule has 1 N–H and O–H groups in total. The second-order valence-electron chi connectivity index (χ2n) is 9.67. The fraction of sp³-hybridized carbons (Fsp3) is 0.135. The first-order valence-corrected chi connectivity index (χ1v) is 13.8. The molecule has 0 amide bonds. The quantitative estimate of drug-likeness (QED) is 0.180. The molecule has 0 atom stereocenters. The van der Waals surface area contributed by atoms with Crippen molar-refractivity contribution in [2.45, 2.75) is 32.3 Å². The highest BCUT2D eigenvalue weighted by molar-refractivity contribution is 5.70. The molecule has 206 valence electrons. The molecule has 0 heterocycles. The van der Waals surface area contributed by atoms with Gasteiger partial charge in [-0.1, -0.05) is 140 Å². The summed E-state index contributed by atoms with van der Waals surface area (Å²) in [5, 5.41) is 8.61. The van der Waals surface area contributed by atoms with Crippen molar-refractivity contribution in [3.05, 3.63) is 156 Å². The lowest BCUT2D eigenvalue weighted by Crippen LogP contribution is -2.05. The summed E-state index contributed by atoms with van der Waals surface area (Å²) >= 11 is 0. The summed E-state index contributed by atoms with van der Waals surface area (Å²) in [4.78, 5) is 22.3. The maximum absolute atomic E-state index is 11.9. The number of carboxylic acid groups (broad SMARTS) is 1. The van der Waals surface area contributed by atoms with Crippen molar-refractivity contribution < 1.29 is 19.4 Å². The van der Waals surface area contributed by atoms with E-state index < -0.39 is 5.97 Å². The van der Waals surface area contributed by atoms with E-state index in [0.717, 1.165) is 22.3 Å². The smallest absolute Gasteiger partial charge is 0.306 e. The van der Waals surface area contributed by atoms with E-state index in [1.165, 1.54) is 16.7 Å². The van der Waals surface area contributed by atoms with Crippen molar-refractivity contribution in [3.8, 4) is 22.3 Å². The third kappa shape index (κ3) is 9.94. The number of carbonyl (C=O) groups is 2. The number of benzene rings is 5. The number of rotatable bonds is 10. The van der Waals surface area contributed by atoms with Crippen molar-refractivity contribution >= 4 is 11.9 Å². The van der Waals surface area contributed by atoms with E-state index in [-0.39, 0.29) is 12.4 Å². The first kappa shape index (κ1) is 29.0. The Morgan fingerprint density at radius 2 is 0.854 bits per heavy atom. The molecule has 0 saturated carbocycles. The molecule has 0 spiro atoms. The van der Waals surface area contributed by atoms with Gasteiger partial charge in [0.1, 0.15) is 6.61 Å². The minimum Gasteiger partial charge on any atom is -0.481 e. The number of hydrogen-bond donors (Lipinski definition) is 1. The Kier molecular flexibility index (Phi) is 11.0. The van der Waals surface area contributed by atoms with E-state index in [1.54, 1.807) is 0 Å². The summed E-state index contributed by atoms with van der Waals surface area (Å²) < 4.78 is 5.30. The van der Waals surface area contributed by atoms with E-state index in [4.69, 9.17) is 9.84 Å². The van der Waals surface area contributed by atoms with Crippen LogP contribution in [-0.4, -0.2) is 17.0 Å². The Balaban J connectivity index is 0.000000201. The summed E-state index contributed by atoms with van der Waals surface area (Å²) in [6.45, 7) is 0.340. The lowest BCUT2D eigenvalue weighted by Gasteiger charge is -2.06. The summed E-state index contributed by atoms with van der Waals surface area (Å²) in [6.07, 6.45) is 1.87. The fourth-order valence-corrected chi connectivity index (χ4v) is 4.30. The highest BCUT2D eigenvalue weighted by Gasteiger charge is 2.05. The Hall–Kier alpha value is -4.96. The molecule has 0 aliphatic rings. The molecular formula is C37H34O4. The highest BCUT2D eigenvalue weighted by atomic mass is 16.5. The summed E-state index contributed by atoms with van der Waals surface area (Å²) in [7, 11) is 0. The molecule has 0 bridgehead atoms. The lowest BCUT2D eigenvalue weighted by molar-refractivity contribution is -0.145. The van der Waals surface area contributed by atoms with E-state index in [1.807, 2.05) is 91.0 Å². The predicted octanol–water partition coefficient (Wildman–Crippen LogP) is 8.40. The van der Waals surface area contributed by atoms with E-state index in [2.05, 4.69) is 48.5 Å². The minimum atomic E-state index is -0.753. The molecule has 4 heteroatoms. The van der Waals surface area contributed by atoms with E-state index in [0.29, 0.717) is 25.9 Å². The minimum absolute atomic E-state index is 0.161. The van der Waals surface area contributed by atoms with Crippen molar-refractivity contribution in [2.24, 2.45) is 0 Å². The van der Waals surface area contributed by atoms with Crippen molar-refractivity contribution in [1.82, 2.24) is 0 Å². The number of esters is 1. The molecule has 0 unspecified atom stereocenters. The van der Waals surface area contributed by atoms with Crippen molar-refractivity contribution in [1.29, 1.82) is 0 Å². The maximum Gasteiger partial charge on any atom is 0.306 e. The third-order valence-corrected chi connectivity index (χ3v) is 6.61. The van der Waals surface area contributed by atoms with E-state index in [9.17, 15) is 9.59 Å². The normalized spacial score (nSPS) is 10.2. The molecule has 5 aromatic carbocycles. The molecule has 0 aromatic heterocycles. The molecule has 4 nitrogen and oxygen atoms in total. The van der Waals surface area contributed by atoms with Gasteiger partial charge in [0, 0.05) is 12.8 Å². The van der Waals surface area contributed by atoms with Gasteiger partial charge in [-0.15, -0.1) is 0 Å². The van der Waals surface area contributed by atoms with Crippen LogP contribution in [0.5, 0.6) is 0 Å². The molecule has 5 rings (SSSR count). The molecule has 5 aromatic rings. The van der Waals surface area contributed by atoms with Gasteiger partial charge in [-0.3, -0.25) is 9.59 Å². The monoisotopic (exact) mass is 542 g/mol. The Morgan fingerprint density at radius 3 is 1.29 bits per heavy atom. The second-order valence-corrected chi connectivity index (χ2v) is 9.67. The van der Waals surface area contributed by atoms with Crippen LogP contribution in [0.25, 0.3) is 22.3 Å². The van der Waals surface area contributed by atoms with Crippen molar-refractivity contribution in [2.75, 3.05) is 0 Å². The summed E-state index contributed by atoms with van der Waals surface area (Å²) in [5.41, 5.74) is 7.94. The Bertz CT molecular complexity index is 1480. The van der Waals surface area contributed by atoms with Gasteiger partial charge in [-0.2, -0.15) is 0 Å². The van der Waals surface area contributed by atoms with Crippen LogP contribution >= 0.6 is 0 Å². The number of aryl methyl sites for hydroxylation is 2. The summed E-state index contributed by atoms with van der Waals surface area (Å²) in [5.74, 6) is -0.914. The predicted molar refractivity (Wildman–Crippen MR) is 164 cm³/mol. The van der Waals surface area contributed by atoms with Gasteiger partial charge in [0.15, 0.2) is 0 Å². The molecule has 0 fully saturated rings. The number of carboxylic acids is 1. The number of ether oxygens (including phenoxy) is 1. The van der Waals surface area contributed by atoms with Crippen molar-refractivity contribution in [3.63, 3.8) is 0 Å². The van der Waals surface area contributed by atoms with Crippen LogP contribution < -0.4 is 0 Å². The standard InChI is InChI=1S/C22H20O2.C15H14O2/c23-22(24-17-19-7-3-1-4-8-19)16-13-18-11-14-21(15-12-18)20-9-5-2-6-10-20;16-15(17)11-8-12-6-9-14(10-7-12)13-4-2-1-3-5-13/h1-12,14-15H,13,16-17H2;1-7,9-10H,8,11H2,(H,16,17). The summed E-state index contributed by atoms with van der Waals surface area (Å²) in [6, 6.07) is 46.5. The van der Waals surface area contributed by atoms with Gasteiger partial charge < -0.3 is 9.84 Å². The third-order valence-electron chi connectivity index (χ3n) is 6.61. The average Bonchev–Trinajstić information content (AvgIpc) is 3.04. The van der Waals surface area contributed by atoms with Gasteiger partial charge in [0.2, 0.25) is 0 Å². The van der Waals surface area contributed by atoms with Crippen LogP contribution in [0.3, 0.4) is 0 Å². The van der Waals surface area contributed by atoms with Crippen LogP contribution in [-0.2, 0) is 33.8 Å². The van der Waals surface area contributed by atoms with Gasteiger partial charge in [-0.05, 0) is 51.8 Å². The molecule has 0 aliphatic heterocycles. The zero-order valence-corrected chi connectivity index (χ0v) is 23.0. The molecule has 0 saturated heterocycles. The van der Waals surface area contributed by atoms with Gasteiger partial charge in [0.25, 0.3) is 0 Å². The lowest BCUT2D eigenvalue weighted by atomic mass is 10.0. The first-order chi connectivity index (χ1) is 20.1. The highest BCUT2D eigenvalue weighted by Crippen LogP contribution is 2.21. The SMILES string of the molecule is O=C(CCc1ccc(-c2ccccc2)cc1)OCc1ccccc1.O=C(O)CCc1ccc(-c2ccccc2)cc1. The number of hydrogen-bond acceptors (Lipinski definition) is 3. The largest absolute Gasteiger partial charge is 0.481 e. The maximum atomic E-state index is 11.9. The molecule has 41 heavy (non-hydrogen) atoms. The molecular weight excluding hydrogens is 508 g/mol. The van der Waals surface area contributed by atoms with Crippen LogP contribution in [0, 0.1) is 0 Å². The molecule has 0 aliphatic carbocycles. The van der Waals surface area contributed by atoms with Crippen LogP contribution in [0.15, 0.2) is 140 Å². The van der Waals surface area contributed by atoms with Crippen LogP contribution in [0.2, 0.25) is 0 Å². The van der Waals surface area contributed by atoms with Crippen LogP contribution in [0.1, 0.15) is 29.5 Å². The topological polar surface area (TPSA) is 63.6 Å². The fourth-order valence-electron chi connectivity index (χ4n) is 4.30. The molecule has 0 radical (unpaired) electrons. The second kappa shape index (κ2) is 15.6. The zero-order valence-electron chi connectivity index (χ0n) is 23.0. The van der Waals surface area contributed by atoms with Crippen LogP contribution in [0.4, 0.5) is 0 Å². The number of aliphatic carboxylic acids is 1. The van der Waals surface area contributed by atoms with Gasteiger partial charge in [-0.25, -0.2) is 0 Å². The van der Waals surface area contributed by atoms with E-state index >= 15 is 0 Å². The van der Waals surface area contributed by atoms with Gasteiger partial charge in [0.05, 0.1) is 0 Å². The Labute approximate surface area is 241 Å². The zero-order chi connectivity index (χ0) is 28.7. The van der Waals surface area contributed by atoms with Gasteiger partial charge >= 0.3 is 11.9 Å². The number of carbonyl (C=O) groups excluding carboxylic acids is 1. The average molecular weight is 543 g/mol.